The van der Waals surface area contributed by atoms with E-state index in [9.17, 15) is 4.79 Å². The molecule has 0 atom stereocenters. The highest BCUT2D eigenvalue weighted by molar-refractivity contribution is 6.34. The molecule has 0 amide bonds. The number of aromatic amines is 1. The maximum atomic E-state index is 12.1. The number of fused-ring (bicyclic) bond motifs is 3. The van der Waals surface area contributed by atoms with E-state index < -0.39 is 0 Å². The average Bonchev–Trinajstić information content (AvgIpc) is 2.90. The van der Waals surface area contributed by atoms with Crippen LogP contribution in [0.5, 0.6) is 0 Å². The molecule has 1 aromatic carbocycles. The molecule has 4 rings (SSSR count). The molecule has 6 nitrogen and oxygen atoms in total. The van der Waals surface area contributed by atoms with Crippen molar-refractivity contribution in [1.82, 2.24) is 24.6 Å². The lowest BCUT2D eigenvalue weighted by molar-refractivity contribution is 0.863. The maximum Gasteiger partial charge on any atom is 0.348 e. The van der Waals surface area contributed by atoms with E-state index in [2.05, 4.69) is 20.1 Å². The lowest BCUT2D eigenvalue weighted by atomic mass is 10.0. The quantitative estimate of drug-likeness (QED) is 0.584. The van der Waals surface area contributed by atoms with Crippen molar-refractivity contribution in [3.8, 4) is 11.1 Å². The van der Waals surface area contributed by atoms with Crippen LogP contribution >= 0.6 is 11.6 Å². The molecular formula is C16H12ClN5O. The largest absolute Gasteiger partial charge is 0.348 e. The molecule has 7 heteroatoms. The third-order valence-electron chi connectivity index (χ3n) is 3.81. The predicted octanol–water partition coefficient (Wildman–Crippen LogP) is 2.90. The van der Waals surface area contributed by atoms with Crippen LogP contribution in [0.3, 0.4) is 0 Å². The molecule has 0 spiro atoms. The van der Waals surface area contributed by atoms with Crippen LogP contribution in [0.25, 0.3) is 27.7 Å². The van der Waals surface area contributed by atoms with E-state index in [4.69, 9.17) is 11.6 Å². The van der Waals surface area contributed by atoms with Gasteiger partial charge in [0.15, 0.2) is 5.65 Å². The van der Waals surface area contributed by atoms with Crippen molar-refractivity contribution in [2.24, 2.45) is 0 Å². The van der Waals surface area contributed by atoms with Gasteiger partial charge in [0.2, 0.25) is 0 Å². The number of H-pyrrole nitrogens is 1. The van der Waals surface area contributed by atoms with Crippen LogP contribution in [0, 0.1) is 13.8 Å². The van der Waals surface area contributed by atoms with Gasteiger partial charge in [-0.1, -0.05) is 11.6 Å². The number of nitrogens with one attached hydrogen (secondary N) is 1. The lowest BCUT2D eigenvalue weighted by Crippen LogP contribution is -2.17. The monoisotopic (exact) mass is 325 g/mol. The Morgan fingerprint density at radius 2 is 2.04 bits per heavy atom. The molecule has 0 saturated heterocycles. The Labute approximate surface area is 135 Å². The molecule has 1 N–H and O–H groups in total. The SMILES string of the molecule is Cc1nc2c3cc(-c4ccncc4C)c(Cl)cc3[nH]c(=O)n2n1. The molecule has 4 aromatic rings. The third kappa shape index (κ3) is 2.10. The molecule has 23 heavy (non-hydrogen) atoms. The molecule has 3 aromatic heterocycles. The Balaban J connectivity index is 2.14. The topological polar surface area (TPSA) is 75.9 Å². The van der Waals surface area contributed by atoms with Gasteiger partial charge in [0.1, 0.15) is 5.82 Å². The molecule has 0 saturated carbocycles. The zero-order valence-corrected chi connectivity index (χ0v) is 13.2. The minimum absolute atomic E-state index is 0.336. The van der Waals surface area contributed by atoms with Crippen LogP contribution in [0.2, 0.25) is 5.02 Å². The summed E-state index contributed by atoms with van der Waals surface area (Å²) in [6.45, 7) is 3.73. The summed E-state index contributed by atoms with van der Waals surface area (Å²) >= 11 is 6.43. The second kappa shape index (κ2) is 4.89. The highest BCUT2D eigenvalue weighted by atomic mass is 35.5. The Kier molecular flexibility index (Phi) is 2.96. The van der Waals surface area contributed by atoms with E-state index in [1.165, 1.54) is 4.52 Å². The van der Waals surface area contributed by atoms with Gasteiger partial charge in [-0.3, -0.25) is 4.98 Å². The molecule has 0 aliphatic heterocycles. The number of rotatable bonds is 1. The first kappa shape index (κ1) is 13.9. The van der Waals surface area contributed by atoms with Crippen LogP contribution in [-0.4, -0.2) is 24.6 Å². The van der Waals surface area contributed by atoms with Crippen molar-refractivity contribution in [3.63, 3.8) is 0 Å². The number of nitrogens with zero attached hydrogens (tertiary/aromatic N) is 4. The minimum atomic E-state index is -0.336. The van der Waals surface area contributed by atoms with Crippen LogP contribution in [-0.2, 0) is 0 Å². The standard InChI is InChI=1S/C16H12ClN5O/c1-8-7-18-4-3-10(8)11-5-12-14(6-13(11)17)20-16(23)22-15(12)19-9(2)21-22/h3-7H,1-2H3,(H,20,23). The van der Waals surface area contributed by atoms with Crippen molar-refractivity contribution in [2.45, 2.75) is 13.8 Å². The smallest absolute Gasteiger partial charge is 0.305 e. The van der Waals surface area contributed by atoms with Crippen molar-refractivity contribution in [2.75, 3.05) is 0 Å². The number of aryl methyl sites for hydroxylation is 2. The Morgan fingerprint density at radius 3 is 2.83 bits per heavy atom. The minimum Gasteiger partial charge on any atom is -0.305 e. The van der Waals surface area contributed by atoms with Crippen molar-refractivity contribution in [3.05, 3.63) is 57.5 Å². The summed E-state index contributed by atoms with van der Waals surface area (Å²) in [6, 6.07) is 5.59. The van der Waals surface area contributed by atoms with E-state index in [1.807, 2.05) is 19.1 Å². The first-order valence-electron chi connectivity index (χ1n) is 7.04. The molecule has 0 bridgehead atoms. The van der Waals surface area contributed by atoms with Gasteiger partial charge in [0, 0.05) is 23.3 Å². The van der Waals surface area contributed by atoms with Crippen molar-refractivity contribution in [1.29, 1.82) is 0 Å². The number of hydrogen-bond donors (Lipinski definition) is 1. The first-order chi connectivity index (χ1) is 11.0. The average molecular weight is 326 g/mol. The van der Waals surface area contributed by atoms with E-state index in [0.717, 1.165) is 22.1 Å². The fourth-order valence-electron chi connectivity index (χ4n) is 2.74. The summed E-state index contributed by atoms with van der Waals surface area (Å²) in [5.74, 6) is 0.541. The van der Waals surface area contributed by atoms with Crippen LogP contribution < -0.4 is 5.69 Å². The predicted molar refractivity (Wildman–Crippen MR) is 88.8 cm³/mol. The molecule has 0 aliphatic carbocycles. The van der Waals surface area contributed by atoms with Gasteiger partial charge in [-0.25, -0.2) is 9.78 Å². The van der Waals surface area contributed by atoms with Gasteiger partial charge < -0.3 is 4.98 Å². The molecule has 0 fully saturated rings. The van der Waals surface area contributed by atoms with Crippen LogP contribution in [0.4, 0.5) is 0 Å². The molecule has 3 heterocycles. The number of aromatic nitrogens is 5. The number of pyridine rings is 1. The van der Waals surface area contributed by atoms with Crippen LogP contribution in [0.15, 0.2) is 35.4 Å². The summed E-state index contributed by atoms with van der Waals surface area (Å²) in [6.07, 6.45) is 3.52. The molecule has 0 unspecified atom stereocenters. The molecular weight excluding hydrogens is 314 g/mol. The highest BCUT2D eigenvalue weighted by Crippen LogP contribution is 2.33. The van der Waals surface area contributed by atoms with Gasteiger partial charge in [-0.15, -0.1) is 5.10 Å². The van der Waals surface area contributed by atoms with Crippen molar-refractivity contribution >= 4 is 28.2 Å². The number of hydrogen-bond acceptors (Lipinski definition) is 4. The van der Waals surface area contributed by atoms with Crippen molar-refractivity contribution < 1.29 is 0 Å². The zero-order chi connectivity index (χ0) is 16.1. The van der Waals surface area contributed by atoms with E-state index in [0.29, 0.717) is 22.0 Å². The van der Waals surface area contributed by atoms with Gasteiger partial charge >= 0.3 is 5.69 Å². The fourth-order valence-corrected chi connectivity index (χ4v) is 3.01. The summed E-state index contributed by atoms with van der Waals surface area (Å²) in [5, 5.41) is 5.47. The third-order valence-corrected chi connectivity index (χ3v) is 4.12. The highest BCUT2D eigenvalue weighted by Gasteiger charge is 2.14. The first-order valence-corrected chi connectivity index (χ1v) is 7.42. The van der Waals surface area contributed by atoms with Crippen LogP contribution in [0.1, 0.15) is 11.4 Å². The van der Waals surface area contributed by atoms with E-state index >= 15 is 0 Å². The summed E-state index contributed by atoms with van der Waals surface area (Å²) in [4.78, 5) is 23.3. The number of benzene rings is 1. The Bertz CT molecular complexity index is 1130. The molecule has 0 radical (unpaired) electrons. The van der Waals surface area contributed by atoms with Gasteiger partial charge in [-0.05, 0) is 43.2 Å². The maximum absolute atomic E-state index is 12.1. The normalized spacial score (nSPS) is 11.4. The lowest BCUT2D eigenvalue weighted by Gasteiger charge is -2.09. The van der Waals surface area contributed by atoms with Gasteiger partial charge in [0.25, 0.3) is 0 Å². The molecule has 114 valence electrons. The summed E-state index contributed by atoms with van der Waals surface area (Å²) < 4.78 is 1.27. The number of halogens is 1. The van der Waals surface area contributed by atoms with Gasteiger partial charge in [-0.2, -0.15) is 4.52 Å². The summed E-state index contributed by atoms with van der Waals surface area (Å²) in [5.41, 5.74) is 3.70. The van der Waals surface area contributed by atoms with E-state index in [-0.39, 0.29) is 5.69 Å². The summed E-state index contributed by atoms with van der Waals surface area (Å²) in [7, 11) is 0. The fraction of sp³-hybridized carbons (Fsp3) is 0.125. The second-order valence-electron chi connectivity index (χ2n) is 5.39. The second-order valence-corrected chi connectivity index (χ2v) is 5.80. The zero-order valence-electron chi connectivity index (χ0n) is 12.5. The molecule has 0 aliphatic rings. The Morgan fingerprint density at radius 1 is 1.22 bits per heavy atom. The Hall–Kier alpha value is -2.73. The van der Waals surface area contributed by atoms with Gasteiger partial charge in [0.05, 0.1) is 10.5 Å². The van der Waals surface area contributed by atoms with E-state index in [1.54, 1.807) is 25.4 Å².